The fourth-order valence-corrected chi connectivity index (χ4v) is 1.27. The third-order valence-electron chi connectivity index (χ3n) is 2.11. The summed E-state index contributed by atoms with van der Waals surface area (Å²) in [5.74, 6) is -0.0497. The van der Waals surface area contributed by atoms with E-state index in [1.54, 1.807) is 18.1 Å². The highest BCUT2D eigenvalue weighted by Gasteiger charge is 2.19. The lowest BCUT2D eigenvalue weighted by Crippen LogP contribution is -2.41. The Hall–Kier alpha value is -2.48. The van der Waals surface area contributed by atoms with Gasteiger partial charge >= 0.3 is 5.97 Å². The standard InChI is InChI=1S/C12H11NO4/c1-2-11(15)13-10(12(16)17)7-8-3-5-9(14)6-4-8/h1,3-6,10,14H,7H2,(H,13,15)(H,16,17)/t10-/m0/s1. The molecule has 0 aliphatic heterocycles. The topological polar surface area (TPSA) is 86.6 Å². The molecule has 3 N–H and O–H groups in total. The van der Waals surface area contributed by atoms with Gasteiger partial charge in [-0.15, -0.1) is 6.42 Å². The molecule has 88 valence electrons. The quantitative estimate of drug-likeness (QED) is 0.645. The number of amides is 1. The van der Waals surface area contributed by atoms with E-state index in [2.05, 4.69) is 5.32 Å². The maximum Gasteiger partial charge on any atom is 0.326 e. The van der Waals surface area contributed by atoms with Crippen molar-refractivity contribution in [3.05, 3.63) is 29.8 Å². The zero-order chi connectivity index (χ0) is 12.8. The number of hydrogen-bond acceptors (Lipinski definition) is 3. The first-order chi connectivity index (χ1) is 8.02. The molecule has 1 rings (SSSR count). The molecule has 0 bridgehead atoms. The van der Waals surface area contributed by atoms with Gasteiger partial charge in [-0.2, -0.15) is 0 Å². The van der Waals surface area contributed by atoms with Crippen molar-refractivity contribution in [2.45, 2.75) is 12.5 Å². The summed E-state index contributed by atoms with van der Waals surface area (Å²) in [7, 11) is 0. The van der Waals surface area contributed by atoms with Gasteiger partial charge in [-0.1, -0.05) is 12.1 Å². The summed E-state index contributed by atoms with van der Waals surface area (Å²) >= 11 is 0. The molecule has 0 saturated heterocycles. The molecule has 0 fully saturated rings. The van der Waals surface area contributed by atoms with E-state index in [4.69, 9.17) is 16.6 Å². The van der Waals surface area contributed by atoms with Crippen LogP contribution in [0.5, 0.6) is 5.75 Å². The second-order valence-corrected chi connectivity index (χ2v) is 3.38. The second kappa shape index (κ2) is 5.56. The van der Waals surface area contributed by atoms with Gasteiger partial charge in [-0.3, -0.25) is 4.79 Å². The number of carbonyl (C=O) groups is 2. The zero-order valence-electron chi connectivity index (χ0n) is 8.88. The van der Waals surface area contributed by atoms with Gasteiger partial charge in [0.2, 0.25) is 0 Å². The number of benzene rings is 1. The normalized spacial score (nSPS) is 11.2. The number of aromatic hydroxyl groups is 1. The first-order valence-electron chi connectivity index (χ1n) is 4.80. The van der Waals surface area contributed by atoms with Gasteiger partial charge in [0, 0.05) is 6.42 Å². The number of carbonyl (C=O) groups excluding carboxylic acids is 1. The summed E-state index contributed by atoms with van der Waals surface area (Å²) in [6, 6.07) is 4.96. The van der Waals surface area contributed by atoms with Gasteiger partial charge < -0.3 is 15.5 Å². The van der Waals surface area contributed by atoms with Gasteiger partial charge in [0.25, 0.3) is 5.91 Å². The van der Waals surface area contributed by atoms with Crippen LogP contribution in [0.3, 0.4) is 0 Å². The van der Waals surface area contributed by atoms with E-state index in [0.29, 0.717) is 5.56 Å². The van der Waals surface area contributed by atoms with Gasteiger partial charge in [0.1, 0.15) is 11.8 Å². The highest BCUT2D eigenvalue weighted by atomic mass is 16.4. The molecule has 0 aliphatic rings. The summed E-state index contributed by atoms with van der Waals surface area (Å²) < 4.78 is 0. The number of phenols is 1. The summed E-state index contributed by atoms with van der Waals surface area (Å²) in [6.45, 7) is 0. The number of terminal acetylenes is 1. The smallest absolute Gasteiger partial charge is 0.326 e. The number of carboxylic acids is 1. The van der Waals surface area contributed by atoms with Crippen molar-refractivity contribution in [2.75, 3.05) is 0 Å². The molecule has 1 amide bonds. The SMILES string of the molecule is C#CC(=O)N[C@@H](Cc1ccc(O)cc1)C(=O)O. The van der Waals surface area contributed by atoms with E-state index in [-0.39, 0.29) is 12.2 Å². The van der Waals surface area contributed by atoms with Gasteiger partial charge in [0.05, 0.1) is 0 Å². The van der Waals surface area contributed by atoms with Crippen LogP contribution in [-0.4, -0.2) is 28.1 Å². The lowest BCUT2D eigenvalue weighted by atomic mass is 10.1. The Kier molecular flexibility index (Phi) is 4.12. The van der Waals surface area contributed by atoms with Crippen LogP contribution >= 0.6 is 0 Å². The first kappa shape index (κ1) is 12.6. The fourth-order valence-electron chi connectivity index (χ4n) is 1.27. The number of carboxylic acid groups (broad SMARTS) is 1. The van der Waals surface area contributed by atoms with E-state index >= 15 is 0 Å². The molecular formula is C12H11NO4. The molecule has 5 nitrogen and oxygen atoms in total. The molecule has 0 radical (unpaired) electrons. The van der Waals surface area contributed by atoms with Crippen molar-refractivity contribution in [2.24, 2.45) is 0 Å². The van der Waals surface area contributed by atoms with E-state index in [9.17, 15) is 9.59 Å². The third kappa shape index (κ3) is 3.87. The second-order valence-electron chi connectivity index (χ2n) is 3.38. The van der Waals surface area contributed by atoms with Crippen LogP contribution in [-0.2, 0) is 16.0 Å². The average Bonchev–Trinajstić information content (AvgIpc) is 2.30. The molecule has 5 heteroatoms. The molecular weight excluding hydrogens is 222 g/mol. The molecule has 0 saturated carbocycles. The van der Waals surface area contributed by atoms with Crippen LogP contribution in [0.25, 0.3) is 0 Å². The minimum Gasteiger partial charge on any atom is -0.508 e. The Morgan fingerprint density at radius 3 is 2.41 bits per heavy atom. The highest BCUT2D eigenvalue weighted by molar-refractivity contribution is 5.95. The molecule has 1 aromatic carbocycles. The Morgan fingerprint density at radius 1 is 1.35 bits per heavy atom. The van der Waals surface area contributed by atoms with Crippen LogP contribution in [0, 0.1) is 12.3 Å². The van der Waals surface area contributed by atoms with Crippen LogP contribution in [0.15, 0.2) is 24.3 Å². The van der Waals surface area contributed by atoms with Crippen molar-refractivity contribution >= 4 is 11.9 Å². The average molecular weight is 233 g/mol. The maximum absolute atomic E-state index is 10.9. The van der Waals surface area contributed by atoms with Gasteiger partial charge in [-0.25, -0.2) is 4.79 Å². The summed E-state index contributed by atoms with van der Waals surface area (Å²) in [6.07, 6.45) is 4.95. The van der Waals surface area contributed by atoms with Crippen molar-refractivity contribution < 1.29 is 19.8 Å². The summed E-state index contributed by atoms with van der Waals surface area (Å²) in [4.78, 5) is 21.8. The van der Waals surface area contributed by atoms with Crippen LogP contribution in [0.4, 0.5) is 0 Å². The number of hydrogen-bond donors (Lipinski definition) is 3. The monoisotopic (exact) mass is 233 g/mol. The molecule has 1 aromatic rings. The molecule has 0 unspecified atom stereocenters. The van der Waals surface area contributed by atoms with Crippen LogP contribution in [0.1, 0.15) is 5.56 Å². The van der Waals surface area contributed by atoms with Gasteiger partial charge in [0.15, 0.2) is 0 Å². The Morgan fingerprint density at radius 2 is 1.94 bits per heavy atom. The number of nitrogens with one attached hydrogen (secondary N) is 1. The molecule has 0 aromatic heterocycles. The van der Waals surface area contributed by atoms with Crippen LogP contribution < -0.4 is 5.32 Å². The number of aliphatic carboxylic acids is 1. The van der Waals surface area contributed by atoms with E-state index in [0.717, 1.165) is 0 Å². The molecule has 0 spiro atoms. The summed E-state index contributed by atoms with van der Waals surface area (Å²) in [5.41, 5.74) is 0.674. The zero-order valence-corrected chi connectivity index (χ0v) is 8.88. The fraction of sp³-hybridized carbons (Fsp3) is 0.167. The largest absolute Gasteiger partial charge is 0.508 e. The third-order valence-corrected chi connectivity index (χ3v) is 2.11. The lowest BCUT2D eigenvalue weighted by Gasteiger charge is -2.12. The predicted octanol–water partition coefficient (Wildman–Crippen LogP) is 0.137. The number of rotatable bonds is 4. The van der Waals surface area contributed by atoms with Crippen LogP contribution in [0.2, 0.25) is 0 Å². The van der Waals surface area contributed by atoms with Gasteiger partial charge in [-0.05, 0) is 23.6 Å². The number of phenolic OH excluding ortho intramolecular Hbond substituents is 1. The van der Waals surface area contributed by atoms with E-state index < -0.39 is 17.9 Å². The lowest BCUT2D eigenvalue weighted by molar-refractivity contribution is -0.141. The van der Waals surface area contributed by atoms with Crippen molar-refractivity contribution in [3.63, 3.8) is 0 Å². The summed E-state index contributed by atoms with van der Waals surface area (Å²) in [5, 5.41) is 20.2. The molecule has 1 atom stereocenters. The molecule has 0 heterocycles. The Bertz CT molecular complexity index is 458. The van der Waals surface area contributed by atoms with E-state index in [1.165, 1.54) is 12.1 Å². The maximum atomic E-state index is 10.9. The van der Waals surface area contributed by atoms with Crippen molar-refractivity contribution in [1.29, 1.82) is 0 Å². The minimum absolute atomic E-state index is 0.0910. The molecule has 17 heavy (non-hydrogen) atoms. The highest BCUT2D eigenvalue weighted by Crippen LogP contribution is 2.11. The predicted molar refractivity (Wildman–Crippen MR) is 60.2 cm³/mol. The molecule has 0 aliphatic carbocycles. The Balaban J connectivity index is 2.74. The first-order valence-corrected chi connectivity index (χ1v) is 4.80. The van der Waals surface area contributed by atoms with Crippen molar-refractivity contribution in [1.82, 2.24) is 5.32 Å². The minimum atomic E-state index is -1.17. The Labute approximate surface area is 98.1 Å². The van der Waals surface area contributed by atoms with Crippen molar-refractivity contribution in [3.8, 4) is 18.1 Å². The van der Waals surface area contributed by atoms with E-state index in [1.807, 2.05) is 0 Å².